The lowest BCUT2D eigenvalue weighted by Gasteiger charge is -1.98. The maximum atomic E-state index is 11.0. The largest absolute Gasteiger partial charge is 1.00 e. The highest BCUT2D eigenvalue weighted by atomic mass is 35.5. The Morgan fingerprint density at radius 2 is 2.36 bits per heavy atom. The minimum absolute atomic E-state index is 0. The summed E-state index contributed by atoms with van der Waals surface area (Å²) in [5.41, 5.74) is 6.17. The molecule has 0 saturated heterocycles. The molecule has 0 atom stereocenters. The number of rotatable bonds is 3. The molecule has 0 fully saturated rings. The van der Waals surface area contributed by atoms with Gasteiger partial charge in [0.15, 0.2) is 12.4 Å². The molecule has 0 aliphatic heterocycles. The van der Waals surface area contributed by atoms with Gasteiger partial charge in [-0.15, -0.1) is 0 Å². The lowest BCUT2D eigenvalue weighted by Crippen LogP contribution is -3.00. The topological polar surface area (TPSA) is 56.2 Å². The Morgan fingerprint density at radius 1 is 1.64 bits per heavy atom. The van der Waals surface area contributed by atoms with Gasteiger partial charge in [0.2, 0.25) is 6.54 Å². The van der Waals surface area contributed by atoms with Gasteiger partial charge in [-0.1, -0.05) is 0 Å². The number of carbonyl (C=O) groups excluding carboxylic acids is 1. The molecule has 2 N–H and O–H groups in total. The van der Waals surface area contributed by atoms with Gasteiger partial charge in [-0.25, -0.2) is 4.79 Å². The number of anilines is 1. The van der Waals surface area contributed by atoms with Crippen molar-refractivity contribution in [1.29, 1.82) is 0 Å². The number of pyridine rings is 1. The Hall–Kier alpha value is -1.29. The fraction of sp³-hybridized carbons (Fsp3) is 0.333. The van der Waals surface area contributed by atoms with Crippen LogP contribution in [0.1, 0.15) is 6.92 Å². The summed E-state index contributed by atoms with van der Waals surface area (Å²) in [4.78, 5) is 11.0. The van der Waals surface area contributed by atoms with Crippen molar-refractivity contribution >= 4 is 11.7 Å². The van der Waals surface area contributed by atoms with Crippen LogP contribution in [-0.4, -0.2) is 12.6 Å². The molecule has 1 aromatic heterocycles. The van der Waals surface area contributed by atoms with Gasteiger partial charge < -0.3 is 22.9 Å². The highest BCUT2D eigenvalue weighted by Crippen LogP contribution is 1.92. The predicted octanol–water partition coefficient (Wildman–Crippen LogP) is -2.88. The number of ether oxygens (including phenoxy) is 1. The first kappa shape index (κ1) is 12.7. The van der Waals surface area contributed by atoms with E-state index in [-0.39, 0.29) is 24.9 Å². The van der Waals surface area contributed by atoms with E-state index in [0.717, 1.165) is 0 Å². The molecule has 0 aromatic carbocycles. The highest BCUT2D eigenvalue weighted by Gasteiger charge is 2.09. The van der Waals surface area contributed by atoms with E-state index in [0.29, 0.717) is 12.3 Å². The Balaban J connectivity index is 0.00000169. The number of nitrogens with two attached hydrogens (primary N) is 1. The number of aromatic nitrogens is 1. The van der Waals surface area contributed by atoms with Crippen LogP contribution >= 0.6 is 0 Å². The first-order valence-corrected chi connectivity index (χ1v) is 4.12. The Labute approximate surface area is 89.1 Å². The SMILES string of the molecule is CCOC(=O)C[n+]1cccc(N)c1.[Cl-]. The molecule has 0 unspecified atom stereocenters. The summed E-state index contributed by atoms with van der Waals surface area (Å²) in [5, 5.41) is 0. The second kappa shape index (κ2) is 6.21. The first-order valence-electron chi connectivity index (χ1n) is 4.12. The third kappa shape index (κ3) is 4.09. The third-order valence-electron chi connectivity index (χ3n) is 1.50. The molecule has 0 spiro atoms. The lowest BCUT2D eigenvalue weighted by atomic mass is 10.4. The van der Waals surface area contributed by atoms with Gasteiger partial charge in [-0.05, 0) is 13.0 Å². The van der Waals surface area contributed by atoms with Crippen molar-refractivity contribution in [3.8, 4) is 0 Å². The number of esters is 1. The normalized spacial score (nSPS) is 8.93. The monoisotopic (exact) mass is 216 g/mol. The molecule has 1 rings (SSSR count). The summed E-state index contributed by atoms with van der Waals surface area (Å²) < 4.78 is 6.47. The molecule has 78 valence electrons. The van der Waals surface area contributed by atoms with Gasteiger partial charge >= 0.3 is 5.97 Å². The van der Waals surface area contributed by atoms with E-state index < -0.39 is 0 Å². The van der Waals surface area contributed by atoms with Crippen LogP contribution in [0.5, 0.6) is 0 Å². The molecular weight excluding hydrogens is 204 g/mol. The van der Waals surface area contributed by atoms with Crippen LogP contribution in [0.3, 0.4) is 0 Å². The number of nitrogen functional groups attached to an aromatic ring is 1. The summed E-state index contributed by atoms with van der Waals surface area (Å²) in [5.74, 6) is -0.252. The molecular formula is C9H13ClN2O2. The minimum atomic E-state index is -0.252. The van der Waals surface area contributed by atoms with E-state index in [2.05, 4.69) is 0 Å². The van der Waals surface area contributed by atoms with Crippen molar-refractivity contribution in [2.45, 2.75) is 13.5 Å². The number of hydrogen-bond acceptors (Lipinski definition) is 3. The van der Waals surface area contributed by atoms with E-state index in [9.17, 15) is 4.79 Å². The molecule has 4 nitrogen and oxygen atoms in total. The van der Waals surface area contributed by atoms with Gasteiger partial charge in [-0.2, -0.15) is 4.57 Å². The second-order valence-electron chi connectivity index (χ2n) is 2.61. The van der Waals surface area contributed by atoms with Gasteiger partial charge in [0.1, 0.15) is 0 Å². The van der Waals surface area contributed by atoms with E-state index in [1.165, 1.54) is 0 Å². The number of halogens is 1. The number of hydrogen-bond donors (Lipinski definition) is 1. The van der Waals surface area contributed by atoms with Crippen LogP contribution < -0.4 is 22.7 Å². The van der Waals surface area contributed by atoms with Crippen molar-refractivity contribution in [3.63, 3.8) is 0 Å². The molecule has 1 aromatic rings. The van der Waals surface area contributed by atoms with Crippen molar-refractivity contribution < 1.29 is 26.5 Å². The molecule has 0 saturated carbocycles. The van der Waals surface area contributed by atoms with Gasteiger partial charge in [0, 0.05) is 6.07 Å². The number of carbonyl (C=O) groups is 1. The zero-order valence-electron chi connectivity index (χ0n) is 7.94. The van der Waals surface area contributed by atoms with Crippen molar-refractivity contribution in [1.82, 2.24) is 0 Å². The summed E-state index contributed by atoms with van der Waals surface area (Å²) >= 11 is 0. The summed E-state index contributed by atoms with van der Waals surface area (Å²) in [7, 11) is 0. The minimum Gasteiger partial charge on any atom is -1.00 e. The second-order valence-corrected chi connectivity index (χ2v) is 2.61. The fourth-order valence-electron chi connectivity index (χ4n) is 0.996. The quantitative estimate of drug-likeness (QED) is 0.437. The molecule has 0 aliphatic rings. The van der Waals surface area contributed by atoms with Crippen molar-refractivity contribution in [3.05, 3.63) is 24.5 Å². The molecule has 0 radical (unpaired) electrons. The van der Waals surface area contributed by atoms with Gasteiger partial charge in [-0.3, -0.25) is 0 Å². The zero-order chi connectivity index (χ0) is 9.68. The van der Waals surface area contributed by atoms with Crippen molar-refractivity contribution in [2.24, 2.45) is 0 Å². The average molecular weight is 217 g/mol. The average Bonchev–Trinajstić information content (AvgIpc) is 2.04. The lowest BCUT2D eigenvalue weighted by molar-refractivity contribution is -0.685. The van der Waals surface area contributed by atoms with E-state index >= 15 is 0 Å². The van der Waals surface area contributed by atoms with Crippen LogP contribution in [0.4, 0.5) is 5.69 Å². The predicted molar refractivity (Wildman–Crippen MR) is 47.7 cm³/mol. The maximum absolute atomic E-state index is 11.0. The Bertz CT molecular complexity index is 305. The molecule has 1 heterocycles. The fourth-order valence-corrected chi connectivity index (χ4v) is 0.996. The third-order valence-corrected chi connectivity index (χ3v) is 1.50. The number of nitrogens with zero attached hydrogens (tertiary/aromatic N) is 1. The zero-order valence-corrected chi connectivity index (χ0v) is 8.70. The van der Waals surface area contributed by atoms with Crippen LogP contribution in [0.25, 0.3) is 0 Å². The van der Waals surface area contributed by atoms with Crippen LogP contribution in [0.2, 0.25) is 0 Å². The van der Waals surface area contributed by atoms with E-state index in [4.69, 9.17) is 10.5 Å². The first-order chi connectivity index (χ1) is 6.22. The van der Waals surface area contributed by atoms with Crippen LogP contribution in [0, 0.1) is 0 Å². The van der Waals surface area contributed by atoms with Gasteiger partial charge in [0.25, 0.3) is 0 Å². The highest BCUT2D eigenvalue weighted by molar-refractivity contribution is 5.67. The summed E-state index contributed by atoms with van der Waals surface area (Å²) in [6.07, 6.45) is 3.46. The summed E-state index contributed by atoms with van der Waals surface area (Å²) in [6.45, 7) is 2.39. The van der Waals surface area contributed by atoms with Crippen molar-refractivity contribution in [2.75, 3.05) is 12.3 Å². The smallest absolute Gasteiger partial charge is 0.372 e. The van der Waals surface area contributed by atoms with Crippen LogP contribution in [-0.2, 0) is 16.1 Å². The molecule has 0 amide bonds. The Kier molecular flexibility index (Phi) is 5.64. The molecule has 0 aliphatic carbocycles. The standard InChI is InChI=1S/C9H13N2O2.ClH/c1-2-13-9(12)7-11-5-3-4-8(10)6-11;/h3-6H,2,7,10H2,1H3;1H/q+1;/p-1. The Morgan fingerprint density at radius 3 is 2.93 bits per heavy atom. The maximum Gasteiger partial charge on any atom is 0.372 e. The van der Waals surface area contributed by atoms with Gasteiger partial charge in [0.05, 0.1) is 12.3 Å². The summed E-state index contributed by atoms with van der Waals surface area (Å²) in [6, 6.07) is 3.55. The van der Waals surface area contributed by atoms with E-state index in [1.807, 2.05) is 0 Å². The molecule has 0 bridgehead atoms. The van der Waals surface area contributed by atoms with Crippen LogP contribution in [0.15, 0.2) is 24.5 Å². The molecule has 5 heteroatoms. The molecule has 14 heavy (non-hydrogen) atoms. The van der Waals surface area contributed by atoms with E-state index in [1.54, 1.807) is 36.0 Å².